The van der Waals surface area contributed by atoms with E-state index in [1.54, 1.807) is 49.4 Å². The second-order valence-corrected chi connectivity index (χ2v) is 7.93. The Morgan fingerprint density at radius 1 is 0.957 bits per heavy atom. The zero-order valence-corrected chi connectivity index (χ0v) is 13.6. The van der Waals surface area contributed by atoms with Gasteiger partial charge in [0.05, 0.1) is 4.90 Å². The minimum Gasteiger partial charge on any atom is -0.456 e. The Labute approximate surface area is 136 Å². The predicted molar refractivity (Wildman–Crippen MR) is 86.5 cm³/mol. The van der Waals surface area contributed by atoms with Gasteiger partial charge < -0.3 is 4.74 Å². The van der Waals surface area contributed by atoms with E-state index in [4.69, 9.17) is 4.74 Å². The van der Waals surface area contributed by atoms with Crippen LogP contribution in [0, 0.1) is 5.92 Å². The quantitative estimate of drug-likeness (QED) is 0.811. The maximum Gasteiger partial charge on any atom is 0.306 e. The van der Waals surface area contributed by atoms with Crippen molar-refractivity contribution >= 4 is 15.8 Å². The molecule has 23 heavy (non-hydrogen) atoms. The first kappa shape index (κ1) is 15.7. The molecule has 0 N–H and O–H groups in total. The number of benzene rings is 2. The average molecular weight is 330 g/mol. The lowest BCUT2D eigenvalue weighted by Crippen LogP contribution is -2.42. The number of ether oxygens (including phenoxy) is 1. The molecule has 2 aromatic rings. The predicted octanol–water partition coefficient (Wildman–Crippen LogP) is 3.15. The smallest absolute Gasteiger partial charge is 0.306 e. The largest absolute Gasteiger partial charge is 0.456 e. The minimum atomic E-state index is -3.61. The summed E-state index contributed by atoms with van der Waals surface area (Å²) in [6, 6.07) is 17.4. The van der Waals surface area contributed by atoms with E-state index >= 15 is 0 Å². The van der Waals surface area contributed by atoms with Gasteiger partial charge in [-0.05, 0) is 23.6 Å². The molecule has 0 spiro atoms. The van der Waals surface area contributed by atoms with Gasteiger partial charge >= 0.3 is 5.97 Å². The lowest BCUT2D eigenvalue weighted by molar-refractivity contribution is -0.156. The first-order chi connectivity index (χ1) is 11.0. The molecule has 1 fully saturated rings. The molecule has 2 aromatic carbocycles. The van der Waals surface area contributed by atoms with Crippen molar-refractivity contribution in [1.29, 1.82) is 0 Å². The second-order valence-electron chi connectivity index (χ2n) is 5.83. The van der Waals surface area contributed by atoms with Gasteiger partial charge in [-0.2, -0.15) is 0 Å². The van der Waals surface area contributed by atoms with Crippen LogP contribution in [0.1, 0.15) is 25.0 Å². The number of sulfone groups is 1. The number of rotatable bonds is 3. The molecule has 3 rings (SSSR count). The van der Waals surface area contributed by atoms with E-state index in [-0.39, 0.29) is 23.2 Å². The Morgan fingerprint density at radius 2 is 1.52 bits per heavy atom. The minimum absolute atomic E-state index is 0.111. The first-order valence-corrected chi connectivity index (χ1v) is 9.08. The highest BCUT2D eigenvalue weighted by Gasteiger charge is 2.45. The summed E-state index contributed by atoms with van der Waals surface area (Å²) in [6.45, 7) is 1.79. The molecular weight excluding hydrogens is 312 g/mol. The molecule has 1 aliphatic heterocycles. The van der Waals surface area contributed by atoms with Crippen LogP contribution in [0.3, 0.4) is 0 Å². The van der Waals surface area contributed by atoms with E-state index in [0.717, 1.165) is 0 Å². The molecule has 3 atom stereocenters. The summed E-state index contributed by atoms with van der Waals surface area (Å²) in [4.78, 5) is 12.1. The van der Waals surface area contributed by atoms with Crippen LogP contribution in [0.2, 0.25) is 0 Å². The number of hydrogen-bond donors (Lipinski definition) is 0. The summed E-state index contributed by atoms with van der Waals surface area (Å²) >= 11 is 0. The maximum atomic E-state index is 13.1. The fourth-order valence-electron chi connectivity index (χ4n) is 3.07. The molecule has 120 valence electrons. The normalized spacial score (nSPS) is 24.9. The number of carbonyl (C=O) groups excluding carboxylic acids is 1. The number of hydrogen-bond acceptors (Lipinski definition) is 4. The molecule has 0 aromatic heterocycles. The van der Waals surface area contributed by atoms with Crippen molar-refractivity contribution in [3.63, 3.8) is 0 Å². The summed E-state index contributed by atoms with van der Waals surface area (Å²) < 4.78 is 31.6. The highest BCUT2D eigenvalue weighted by molar-refractivity contribution is 7.92. The van der Waals surface area contributed by atoms with Crippen LogP contribution in [0.15, 0.2) is 65.6 Å². The van der Waals surface area contributed by atoms with E-state index in [1.807, 2.05) is 18.2 Å². The number of esters is 1. The third-order valence-electron chi connectivity index (χ3n) is 4.16. The van der Waals surface area contributed by atoms with Gasteiger partial charge in [0.1, 0.15) is 11.4 Å². The van der Waals surface area contributed by atoms with Gasteiger partial charge in [0.25, 0.3) is 0 Å². The lowest BCUT2D eigenvalue weighted by Gasteiger charge is -2.35. The van der Waals surface area contributed by atoms with Gasteiger partial charge in [-0.3, -0.25) is 4.79 Å². The summed E-state index contributed by atoms with van der Waals surface area (Å²) in [5, 5.41) is -0.787. The maximum absolute atomic E-state index is 13.1. The molecule has 0 unspecified atom stereocenters. The summed E-state index contributed by atoms with van der Waals surface area (Å²) in [6.07, 6.45) is -0.669. The van der Waals surface area contributed by atoms with E-state index in [0.29, 0.717) is 5.56 Å². The molecule has 1 aliphatic rings. The van der Waals surface area contributed by atoms with Crippen LogP contribution in [0.25, 0.3) is 0 Å². The molecule has 1 saturated heterocycles. The summed E-state index contributed by atoms with van der Waals surface area (Å²) in [7, 11) is -3.61. The van der Waals surface area contributed by atoms with Crippen molar-refractivity contribution in [3.05, 3.63) is 66.2 Å². The van der Waals surface area contributed by atoms with Gasteiger partial charge in [-0.1, -0.05) is 55.5 Å². The molecule has 4 nitrogen and oxygen atoms in total. The third-order valence-corrected chi connectivity index (χ3v) is 6.52. The Hall–Kier alpha value is -2.14. The molecule has 0 saturated carbocycles. The molecule has 0 amide bonds. The molecule has 5 heteroatoms. The van der Waals surface area contributed by atoms with Gasteiger partial charge in [0.2, 0.25) is 0 Å². The Bertz CT molecular complexity index is 784. The third kappa shape index (κ3) is 3.01. The Balaban J connectivity index is 2.08. The van der Waals surface area contributed by atoms with Crippen LogP contribution in [0.5, 0.6) is 0 Å². The van der Waals surface area contributed by atoms with E-state index in [1.165, 1.54) is 0 Å². The monoisotopic (exact) mass is 330 g/mol. The van der Waals surface area contributed by atoms with Crippen LogP contribution in [0.4, 0.5) is 0 Å². The fourth-order valence-corrected chi connectivity index (χ4v) is 5.17. The molecule has 0 aliphatic carbocycles. The van der Waals surface area contributed by atoms with Crippen molar-refractivity contribution in [3.8, 4) is 0 Å². The van der Waals surface area contributed by atoms with Crippen molar-refractivity contribution in [1.82, 2.24) is 0 Å². The molecule has 1 heterocycles. The van der Waals surface area contributed by atoms with Crippen LogP contribution in [-0.2, 0) is 19.4 Å². The molecule has 0 radical (unpaired) electrons. The first-order valence-electron chi connectivity index (χ1n) is 7.53. The van der Waals surface area contributed by atoms with Gasteiger partial charge in [-0.25, -0.2) is 8.42 Å². The zero-order valence-electron chi connectivity index (χ0n) is 12.8. The van der Waals surface area contributed by atoms with Crippen molar-refractivity contribution in [2.45, 2.75) is 29.6 Å². The topological polar surface area (TPSA) is 60.4 Å². The van der Waals surface area contributed by atoms with Crippen molar-refractivity contribution in [2.24, 2.45) is 5.92 Å². The summed E-state index contributed by atoms with van der Waals surface area (Å²) in [5.41, 5.74) is 0.705. The number of carbonyl (C=O) groups is 1. The van der Waals surface area contributed by atoms with Crippen molar-refractivity contribution < 1.29 is 17.9 Å². The Kier molecular flexibility index (Phi) is 4.22. The SMILES string of the molecule is C[C@@H]1CC(=O)O[C@@H](c2ccccc2)[C@H]1S(=O)(=O)c1ccccc1. The lowest BCUT2D eigenvalue weighted by atomic mass is 9.92. The standard InChI is InChI=1S/C18H18O4S/c1-13-12-16(19)22-17(14-8-4-2-5-9-14)18(13)23(20,21)15-10-6-3-7-11-15/h2-11,13,17-18H,12H2,1H3/t13-,17+,18+/m1/s1. The van der Waals surface area contributed by atoms with E-state index in [9.17, 15) is 13.2 Å². The average Bonchev–Trinajstić information content (AvgIpc) is 2.55. The van der Waals surface area contributed by atoms with Crippen LogP contribution in [-0.4, -0.2) is 19.6 Å². The molecular formula is C18H18O4S. The van der Waals surface area contributed by atoms with E-state index in [2.05, 4.69) is 0 Å². The molecule has 0 bridgehead atoms. The van der Waals surface area contributed by atoms with E-state index < -0.39 is 21.2 Å². The van der Waals surface area contributed by atoms with Gasteiger partial charge in [0, 0.05) is 6.42 Å². The summed E-state index contributed by atoms with van der Waals surface area (Å²) in [5.74, 6) is -0.669. The van der Waals surface area contributed by atoms with Gasteiger partial charge in [-0.15, -0.1) is 0 Å². The second kappa shape index (κ2) is 6.16. The van der Waals surface area contributed by atoms with Gasteiger partial charge in [0.15, 0.2) is 9.84 Å². The van der Waals surface area contributed by atoms with Crippen molar-refractivity contribution in [2.75, 3.05) is 0 Å². The van der Waals surface area contributed by atoms with Crippen LogP contribution >= 0.6 is 0 Å². The highest BCUT2D eigenvalue weighted by atomic mass is 32.2. The fraction of sp³-hybridized carbons (Fsp3) is 0.278. The van der Waals surface area contributed by atoms with Crippen LogP contribution < -0.4 is 0 Å². The highest BCUT2D eigenvalue weighted by Crippen LogP contribution is 2.39. The number of cyclic esters (lactones) is 1. The zero-order chi connectivity index (χ0) is 16.4. The Morgan fingerprint density at radius 3 is 2.13 bits per heavy atom.